The smallest absolute Gasteiger partial charge is 0.190 e. The highest BCUT2D eigenvalue weighted by Crippen LogP contribution is 3.02. The van der Waals surface area contributed by atoms with Gasteiger partial charge < -0.3 is 15.2 Å². The molecule has 8 atom stereocenters. The van der Waals surface area contributed by atoms with Crippen molar-refractivity contribution in [2.75, 3.05) is 13.2 Å². The van der Waals surface area contributed by atoms with E-state index in [1.165, 1.54) is 0 Å². The van der Waals surface area contributed by atoms with Crippen LogP contribution in [0.4, 0.5) is 0 Å². The third-order valence-electron chi connectivity index (χ3n) is 7.34. The van der Waals surface area contributed by atoms with Crippen molar-refractivity contribution in [1.29, 1.82) is 0 Å². The van der Waals surface area contributed by atoms with Gasteiger partial charge in [-0.3, -0.25) is 0 Å². The van der Waals surface area contributed by atoms with Crippen molar-refractivity contribution in [2.24, 2.45) is 46.7 Å². The molecule has 4 unspecified atom stereocenters. The van der Waals surface area contributed by atoms with Gasteiger partial charge in [0.1, 0.15) is 0 Å². The van der Waals surface area contributed by atoms with Gasteiger partial charge in [0.05, 0.1) is 18.8 Å². The van der Waals surface area contributed by atoms with Gasteiger partial charge in [0.2, 0.25) is 0 Å². The summed E-state index contributed by atoms with van der Waals surface area (Å²) in [6, 6.07) is 0. The van der Waals surface area contributed by atoms with E-state index in [4.69, 9.17) is 15.2 Å². The van der Waals surface area contributed by atoms with Crippen molar-refractivity contribution in [2.45, 2.75) is 18.2 Å². The summed E-state index contributed by atoms with van der Waals surface area (Å²) in [5.41, 5.74) is 7.27. The molecule has 7 rings (SSSR count). The number of nitrogens with two attached hydrogens (primary N) is 1. The molecular weight excluding hydrogens is 190 g/mol. The monoisotopic (exact) mass is 205 g/mol. The Labute approximate surface area is 88.3 Å². The fraction of sp³-hybridized carbons (Fsp3) is 1.00. The summed E-state index contributed by atoms with van der Waals surface area (Å²) in [4.78, 5) is 0. The Hall–Kier alpha value is -0.120. The molecule has 0 aromatic rings. The quantitative estimate of drug-likeness (QED) is 0.614. The van der Waals surface area contributed by atoms with Gasteiger partial charge in [0, 0.05) is 5.92 Å². The largest absolute Gasteiger partial charge is 0.345 e. The lowest BCUT2D eigenvalue weighted by atomic mass is 9.12. The number of rotatable bonds is 0. The van der Waals surface area contributed by atoms with E-state index in [2.05, 4.69) is 6.92 Å². The molecule has 1 spiro atoms. The zero-order valence-electron chi connectivity index (χ0n) is 8.77. The van der Waals surface area contributed by atoms with Crippen LogP contribution >= 0.6 is 0 Å². The topological polar surface area (TPSA) is 44.5 Å². The number of hydrogen-bond donors (Lipinski definition) is 1. The second-order valence-corrected chi connectivity index (χ2v) is 6.82. The predicted octanol–water partition coefficient (Wildman–Crippen LogP) is 0.198. The highest BCUT2D eigenvalue weighted by molar-refractivity contribution is 5.54. The summed E-state index contributed by atoms with van der Waals surface area (Å²) in [6.45, 7) is 4.00. The molecule has 0 radical (unpaired) electrons. The predicted molar refractivity (Wildman–Crippen MR) is 50.6 cm³/mol. The van der Waals surface area contributed by atoms with Crippen molar-refractivity contribution in [3.63, 3.8) is 0 Å². The molecule has 6 aliphatic carbocycles. The average Bonchev–Trinajstić information content (AvgIpc) is 2.78. The van der Waals surface area contributed by atoms with Crippen LogP contribution in [0.5, 0.6) is 0 Å². The van der Waals surface area contributed by atoms with Crippen LogP contribution in [0.15, 0.2) is 0 Å². The molecule has 0 aromatic carbocycles. The summed E-state index contributed by atoms with van der Waals surface area (Å²) < 4.78 is 12.0. The van der Waals surface area contributed by atoms with E-state index in [0.29, 0.717) is 11.3 Å². The van der Waals surface area contributed by atoms with Crippen molar-refractivity contribution < 1.29 is 9.47 Å². The molecule has 2 bridgehead atoms. The van der Waals surface area contributed by atoms with Gasteiger partial charge in [-0.25, -0.2) is 0 Å². The first-order valence-corrected chi connectivity index (χ1v) is 6.26. The van der Waals surface area contributed by atoms with Crippen LogP contribution in [0, 0.1) is 40.9 Å². The van der Waals surface area contributed by atoms with E-state index in [0.717, 1.165) is 42.8 Å². The van der Waals surface area contributed by atoms with E-state index in [1.807, 2.05) is 0 Å². The molecule has 1 saturated heterocycles. The first-order valence-electron chi connectivity index (χ1n) is 6.26. The minimum atomic E-state index is -0.329. The Morgan fingerprint density at radius 2 is 1.47 bits per heavy atom. The molecule has 15 heavy (non-hydrogen) atoms. The zero-order chi connectivity index (χ0) is 9.79. The van der Waals surface area contributed by atoms with Crippen LogP contribution in [0.3, 0.4) is 0 Å². The summed E-state index contributed by atoms with van der Waals surface area (Å²) in [5, 5.41) is 0. The summed E-state index contributed by atoms with van der Waals surface area (Å²) >= 11 is 0. The van der Waals surface area contributed by atoms with Gasteiger partial charge >= 0.3 is 0 Å². The Kier molecular flexibility index (Phi) is 0.700. The van der Waals surface area contributed by atoms with Crippen molar-refractivity contribution in [1.82, 2.24) is 0 Å². The van der Waals surface area contributed by atoms with E-state index in [9.17, 15) is 0 Å². The van der Waals surface area contributed by atoms with Gasteiger partial charge in [-0.2, -0.15) is 0 Å². The molecule has 0 aromatic heterocycles. The molecule has 6 saturated carbocycles. The molecule has 3 nitrogen and oxygen atoms in total. The lowest BCUT2D eigenvalue weighted by molar-refractivity contribution is -0.444. The Bertz CT molecular complexity index is 407. The van der Waals surface area contributed by atoms with Crippen LogP contribution in [0.2, 0.25) is 0 Å². The van der Waals surface area contributed by atoms with Gasteiger partial charge in [0.15, 0.2) is 5.79 Å². The molecule has 2 N–H and O–H groups in total. The first kappa shape index (κ1) is 7.25. The zero-order valence-corrected chi connectivity index (χ0v) is 8.77. The normalized spacial score (nSPS) is 82.0. The summed E-state index contributed by atoms with van der Waals surface area (Å²) in [5.74, 6) is 4.47. The maximum Gasteiger partial charge on any atom is 0.190 e. The van der Waals surface area contributed by atoms with Crippen LogP contribution in [0.1, 0.15) is 6.92 Å². The van der Waals surface area contributed by atoms with Crippen LogP contribution in [-0.4, -0.2) is 24.5 Å². The van der Waals surface area contributed by atoms with Gasteiger partial charge in [0.25, 0.3) is 0 Å². The molecule has 1 heterocycles. The van der Waals surface area contributed by atoms with Gasteiger partial charge in [-0.15, -0.1) is 0 Å². The molecule has 80 valence electrons. The first-order chi connectivity index (χ1) is 7.19. The Balaban J connectivity index is 1.65. The molecule has 1 aliphatic heterocycles. The third-order valence-corrected chi connectivity index (χ3v) is 7.34. The second-order valence-electron chi connectivity index (χ2n) is 6.82. The average molecular weight is 205 g/mol. The lowest BCUT2D eigenvalue weighted by Gasteiger charge is -2.91. The minimum absolute atomic E-state index is 0.0775. The minimum Gasteiger partial charge on any atom is -0.345 e. The van der Waals surface area contributed by atoms with Crippen LogP contribution < -0.4 is 5.73 Å². The number of ether oxygens (including phenoxy) is 2. The molecule has 7 aliphatic rings. The molecular formula is C12H15NO2. The van der Waals surface area contributed by atoms with E-state index >= 15 is 0 Å². The van der Waals surface area contributed by atoms with E-state index in [-0.39, 0.29) is 11.3 Å². The fourth-order valence-electron chi connectivity index (χ4n) is 7.36. The molecule has 3 heteroatoms. The maximum atomic E-state index is 6.68. The standard InChI is InChI=1S/C12H15NO2/c1-10-4-7-5(10)9-6(10)8(4)11(7,13)12(9)14-2-3-15-12/h4-9H,2-3,13H2,1H3/t4?,5-,6-,7-,8+,9?,10?,11?/m0/s1. The summed E-state index contributed by atoms with van der Waals surface area (Å²) in [7, 11) is 0. The molecule has 0 amide bonds. The van der Waals surface area contributed by atoms with Crippen molar-refractivity contribution in [3.05, 3.63) is 0 Å². The lowest BCUT2D eigenvalue weighted by Crippen LogP contribution is -2.94. The highest BCUT2D eigenvalue weighted by atomic mass is 16.7. The van der Waals surface area contributed by atoms with E-state index in [1.54, 1.807) is 0 Å². The Morgan fingerprint density at radius 1 is 0.933 bits per heavy atom. The Morgan fingerprint density at radius 3 is 2.00 bits per heavy atom. The fourth-order valence-corrected chi connectivity index (χ4v) is 7.36. The van der Waals surface area contributed by atoms with E-state index < -0.39 is 0 Å². The second kappa shape index (κ2) is 1.45. The maximum absolute atomic E-state index is 6.68. The SMILES string of the molecule is CC12C3[C@@H]4[C@H]1C1[C@@H]2[C@H]3C4(N)C12OCCO2. The van der Waals surface area contributed by atoms with Gasteiger partial charge in [-0.1, -0.05) is 6.92 Å². The van der Waals surface area contributed by atoms with Crippen molar-refractivity contribution >= 4 is 0 Å². The third kappa shape index (κ3) is 0.323. The van der Waals surface area contributed by atoms with Crippen LogP contribution in [-0.2, 0) is 9.47 Å². The van der Waals surface area contributed by atoms with Gasteiger partial charge in [-0.05, 0) is 35.0 Å². The highest BCUT2D eigenvalue weighted by Gasteiger charge is 3.07. The van der Waals surface area contributed by atoms with Crippen LogP contribution in [0.25, 0.3) is 0 Å². The summed E-state index contributed by atoms with van der Waals surface area (Å²) in [6.07, 6.45) is 0. The molecule has 7 fully saturated rings. The van der Waals surface area contributed by atoms with Crippen molar-refractivity contribution in [3.8, 4) is 0 Å². The number of hydrogen-bond acceptors (Lipinski definition) is 3.